The molecule has 2 aromatic rings. The van der Waals surface area contributed by atoms with Gasteiger partial charge in [0, 0.05) is 0 Å². The van der Waals surface area contributed by atoms with Crippen LogP contribution in [-0.2, 0) is 7.05 Å². The average molecular weight is 411 g/mol. The summed E-state index contributed by atoms with van der Waals surface area (Å²) in [7, 11) is 2.24. The molecule has 0 N–H and O–H groups in total. The van der Waals surface area contributed by atoms with Crippen molar-refractivity contribution < 1.29 is 4.57 Å². The molecule has 26 heavy (non-hydrogen) atoms. The van der Waals surface area contributed by atoms with Crippen molar-refractivity contribution >= 4 is 17.7 Å². The molecule has 1 aromatic carbocycles. The van der Waals surface area contributed by atoms with Gasteiger partial charge >= 0.3 is 163 Å². The van der Waals surface area contributed by atoms with Gasteiger partial charge in [0.05, 0.1) is 0 Å². The summed E-state index contributed by atoms with van der Waals surface area (Å²) in [5.74, 6) is 8.97. The van der Waals surface area contributed by atoms with E-state index in [1.54, 1.807) is 9.96 Å². The zero-order valence-electron chi connectivity index (χ0n) is 17.8. The summed E-state index contributed by atoms with van der Waals surface area (Å²) in [6.45, 7) is 6.83. The Labute approximate surface area is 163 Å². The van der Waals surface area contributed by atoms with E-state index in [-0.39, 0.29) is 0 Å². The number of rotatable bonds is 4. The number of aryl methyl sites for hydroxylation is 2. The summed E-state index contributed by atoms with van der Waals surface area (Å²) >= 11 is -1.91. The van der Waals surface area contributed by atoms with Crippen molar-refractivity contribution in [3.05, 3.63) is 47.2 Å². The molecule has 1 fully saturated rings. The van der Waals surface area contributed by atoms with E-state index in [9.17, 15) is 0 Å². The third kappa shape index (κ3) is 3.93. The summed E-state index contributed by atoms with van der Waals surface area (Å²) < 4.78 is 4.11. The van der Waals surface area contributed by atoms with Gasteiger partial charge < -0.3 is 0 Å². The van der Waals surface area contributed by atoms with Crippen LogP contribution >= 0.6 is 0 Å². The molecule has 1 aliphatic rings. The van der Waals surface area contributed by atoms with E-state index in [4.69, 9.17) is 0 Å². The molecule has 1 aliphatic carbocycles. The van der Waals surface area contributed by atoms with Gasteiger partial charge in [-0.25, -0.2) is 0 Å². The van der Waals surface area contributed by atoms with Gasteiger partial charge in [0.1, 0.15) is 0 Å². The van der Waals surface area contributed by atoms with Crippen molar-refractivity contribution in [2.24, 2.45) is 7.05 Å². The van der Waals surface area contributed by atoms with Crippen LogP contribution in [0, 0.1) is 6.92 Å². The molecule has 0 spiro atoms. The van der Waals surface area contributed by atoms with E-state index in [0.717, 1.165) is 5.92 Å². The molecule has 0 aliphatic heterocycles. The molecule has 0 atom stereocenters. The molecule has 3 rings (SSSR count). The number of nitrogens with zero attached hydrogens (tertiary/aromatic N) is 1. The molecule has 1 aromatic heterocycles. The van der Waals surface area contributed by atoms with E-state index in [2.05, 4.69) is 80.1 Å². The van der Waals surface area contributed by atoms with Crippen LogP contribution < -0.4 is 8.96 Å². The van der Waals surface area contributed by atoms with Gasteiger partial charge in [-0.05, 0) is 0 Å². The quantitative estimate of drug-likeness (QED) is 0.442. The Morgan fingerprint density at radius 2 is 1.69 bits per heavy atom. The Morgan fingerprint density at radius 3 is 2.27 bits per heavy atom. The first-order chi connectivity index (χ1) is 12.2. The van der Waals surface area contributed by atoms with Gasteiger partial charge in [-0.1, -0.05) is 0 Å². The molecule has 1 saturated carbocycles. The van der Waals surface area contributed by atoms with E-state index in [0.29, 0.717) is 5.92 Å². The van der Waals surface area contributed by atoms with E-state index >= 15 is 0 Å². The maximum atomic E-state index is 2.56. The van der Waals surface area contributed by atoms with Crippen LogP contribution in [0.15, 0.2) is 30.5 Å². The number of hydrogen-bond donors (Lipinski definition) is 0. The standard InChI is InChI=1S/C24H36GeN/c1-17(2)20-13-12-18(3)21(14-20)24-15-22(19-10-8-9-11-19)23(16-26(24)7)25(4,5)6/h12-17,19H,8-11H2,1-7H3/q+1. The Morgan fingerprint density at radius 1 is 1.04 bits per heavy atom. The zero-order chi connectivity index (χ0) is 19.1. The first-order valence-corrected chi connectivity index (χ1v) is 17.7. The number of pyridine rings is 1. The summed E-state index contributed by atoms with van der Waals surface area (Å²) in [6, 6.07) is 9.58. The maximum absolute atomic E-state index is 2.56. The third-order valence-corrected chi connectivity index (χ3v) is 10.4. The Bertz CT molecular complexity index is 793. The summed E-state index contributed by atoms with van der Waals surface area (Å²) in [6.07, 6.45) is 8.05. The fourth-order valence-corrected chi connectivity index (χ4v) is 8.02. The van der Waals surface area contributed by atoms with Crippen molar-refractivity contribution in [2.45, 2.75) is 75.6 Å². The first-order valence-electron chi connectivity index (χ1n) is 10.3. The van der Waals surface area contributed by atoms with Crippen molar-refractivity contribution in [2.75, 3.05) is 0 Å². The topological polar surface area (TPSA) is 3.88 Å². The zero-order valence-corrected chi connectivity index (χ0v) is 19.9. The van der Waals surface area contributed by atoms with Crippen molar-refractivity contribution in [3.8, 4) is 11.3 Å². The minimum absolute atomic E-state index is 0.567. The van der Waals surface area contributed by atoms with Crippen LogP contribution in [0.3, 0.4) is 0 Å². The van der Waals surface area contributed by atoms with Gasteiger partial charge in [0.25, 0.3) is 0 Å². The number of benzene rings is 1. The molecular weight excluding hydrogens is 375 g/mol. The third-order valence-electron chi connectivity index (χ3n) is 6.11. The first kappa shape index (κ1) is 19.7. The molecule has 2 heteroatoms. The molecule has 1 heterocycles. The second-order valence-electron chi connectivity index (χ2n) is 9.60. The second-order valence-corrected chi connectivity index (χ2v) is 20.2. The summed E-state index contributed by atoms with van der Waals surface area (Å²) in [5.41, 5.74) is 7.30. The fraction of sp³-hybridized carbons (Fsp3) is 0.542. The molecule has 0 bridgehead atoms. The van der Waals surface area contributed by atoms with Crippen LogP contribution in [0.25, 0.3) is 11.3 Å². The average Bonchev–Trinajstić information content (AvgIpc) is 3.08. The van der Waals surface area contributed by atoms with Crippen LogP contribution in [0.1, 0.15) is 68.1 Å². The van der Waals surface area contributed by atoms with Crippen molar-refractivity contribution in [3.63, 3.8) is 0 Å². The Hall–Kier alpha value is -1.09. The van der Waals surface area contributed by atoms with Gasteiger partial charge in [-0.2, -0.15) is 0 Å². The molecule has 0 radical (unpaired) electrons. The Kier molecular flexibility index (Phi) is 5.67. The molecule has 0 unspecified atom stereocenters. The van der Waals surface area contributed by atoms with Crippen LogP contribution in [-0.4, -0.2) is 13.3 Å². The summed E-state index contributed by atoms with van der Waals surface area (Å²) in [5, 5.41) is 0. The van der Waals surface area contributed by atoms with Gasteiger partial charge in [-0.3, -0.25) is 0 Å². The number of aromatic nitrogens is 1. The van der Waals surface area contributed by atoms with Crippen molar-refractivity contribution in [1.82, 2.24) is 0 Å². The SMILES string of the molecule is Cc1ccc(C(C)C)cc1-c1cc(C2CCCC2)[c]([Ge]([CH3])([CH3])[CH3])c[n+]1C. The minimum atomic E-state index is -1.91. The normalized spacial score (nSPS) is 15.8. The monoisotopic (exact) mass is 412 g/mol. The van der Waals surface area contributed by atoms with E-state index in [1.807, 2.05) is 0 Å². The molecule has 140 valence electrons. The van der Waals surface area contributed by atoms with E-state index < -0.39 is 13.3 Å². The van der Waals surface area contributed by atoms with Crippen LogP contribution in [0.2, 0.25) is 17.3 Å². The predicted octanol–water partition coefficient (Wildman–Crippen LogP) is 5.81. The molecular formula is C24H36GeN+. The Balaban J connectivity index is 2.20. The second kappa shape index (κ2) is 7.50. The van der Waals surface area contributed by atoms with Gasteiger partial charge in [0.15, 0.2) is 0 Å². The fourth-order valence-electron chi connectivity index (χ4n) is 4.41. The van der Waals surface area contributed by atoms with Gasteiger partial charge in [-0.15, -0.1) is 0 Å². The number of hydrogen-bond acceptors (Lipinski definition) is 0. The molecule has 0 amide bonds. The summed E-state index contributed by atoms with van der Waals surface area (Å²) in [4.78, 5) is 0. The molecule has 0 saturated heterocycles. The van der Waals surface area contributed by atoms with Gasteiger partial charge in [0.2, 0.25) is 0 Å². The van der Waals surface area contributed by atoms with Crippen LogP contribution in [0.5, 0.6) is 0 Å². The van der Waals surface area contributed by atoms with E-state index in [1.165, 1.54) is 48.1 Å². The molecule has 1 nitrogen and oxygen atoms in total. The predicted molar refractivity (Wildman–Crippen MR) is 116 cm³/mol. The van der Waals surface area contributed by atoms with Crippen LogP contribution in [0.4, 0.5) is 0 Å². The van der Waals surface area contributed by atoms with Crippen molar-refractivity contribution in [1.29, 1.82) is 0 Å².